The molecule has 0 radical (unpaired) electrons. The molecule has 0 aliphatic carbocycles. The number of nitrogens with zero attached hydrogens (tertiary/aromatic N) is 2. The van der Waals surface area contributed by atoms with Gasteiger partial charge in [0.2, 0.25) is 5.16 Å². The Labute approximate surface area is 108 Å². The molecule has 0 aliphatic heterocycles. The summed E-state index contributed by atoms with van der Waals surface area (Å²) in [4.78, 5) is 4.14. The number of rotatable bonds is 6. The molecule has 0 bridgehead atoms. The van der Waals surface area contributed by atoms with Crippen molar-refractivity contribution >= 4 is 23.3 Å². The number of hydrogen-bond acceptors (Lipinski definition) is 6. The Morgan fingerprint density at radius 3 is 2.82 bits per heavy atom. The van der Waals surface area contributed by atoms with E-state index in [4.69, 9.17) is 9.47 Å². The molecule has 0 fully saturated rings. The molecule has 4 nitrogen and oxygen atoms in total. The summed E-state index contributed by atoms with van der Waals surface area (Å²) in [6.07, 6.45) is 0. The SMILES string of the molecule is COc1nc(SCOCc2ccccc2)ns1. The second kappa shape index (κ2) is 6.58. The minimum absolute atomic E-state index is 0.536. The molecule has 0 unspecified atom stereocenters. The number of methoxy groups -OCH3 is 1. The largest absolute Gasteiger partial charge is 0.472 e. The molecule has 2 rings (SSSR count). The Balaban J connectivity index is 1.69. The van der Waals surface area contributed by atoms with E-state index in [9.17, 15) is 0 Å². The van der Waals surface area contributed by atoms with Crippen LogP contribution in [0.3, 0.4) is 0 Å². The third-order valence-electron chi connectivity index (χ3n) is 1.95. The van der Waals surface area contributed by atoms with Crippen LogP contribution in [-0.2, 0) is 11.3 Å². The highest BCUT2D eigenvalue weighted by Crippen LogP contribution is 2.21. The van der Waals surface area contributed by atoms with E-state index in [1.54, 1.807) is 7.11 Å². The first-order valence-electron chi connectivity index (χ1n) is 5.00. The van der Waals surface area contributed by atoms with E-state index < -0.39 is 0 Å². The van der Waals surface area contributed by atoms with E-state index in [1.807, 2.05) is 30.3 Å². The van der Waals surface area contributed by atoms with Crippen LogP contribution in [0, 0.1) is 0 Å². The first-order valence-corrected chi connectivity index (χ1v) is 6.76. The first-order chi connectivity index (χ1) is 8.38. The lowest BCUT2D eigenvalue weighted by atomic mass is 10.2. The minimum atomic E-state index is 0.536. The molecule has 1 aromatic heterocycles. The van der Waals surface area contributed by atoms with E-state index in [2.05, 4.69) is 9.36 Å². The lowest BCUT2D eigenvalue weighted by Gasteiger charge is -2.01. The summed E-state index contributed by atoms with van der Waals surface area (Å²) < 4.78 is 14.6. The Morgan fingerprint density at radius 2 is 2.12 bits per heavy atom. The second-order valence-electron chi connectivity index (χ2n) is 3.14. The van der Waals surface area contributed by atoms with Crippen molar-refractivity contribution in [3.05, 3.63) is 35.9 Å². The van der Waals surface area contributed by atoms with E-state index in [0.717, 1.165) is 5.56 Å². The van der Waals surface area contributed by atoms with Gasteiger partial charge in [0, 0.05) is 11.5 Å². The Hall–Kier alpha value is -1.11. The maximum atomic E-state index is 5.51. The molecule has 0 saturated heterocycles. The molecule has 17 heavy (non-hydrogen) atoms. The van der Waals surface area contributed by atoms with Crippen LogP contribution in [0.25, 0.3) is 0 Å². The molecule has 0 saturated carbocycles. The second-order valence-corrected chi connectivity index (χ2v) is 4.75. The number of thioether (sulfide) groups is 1. The molecular formula is C11H12N2O2S2. The van der Waals surface area contributed by atoms with Gasteiger partial charge in [0.05, 0.1) is 13.7 Å². The lowest BCUT2D eigenvalue weighted by molar-refractivity contribution is 0.169. The minimum Gasteiger partial charge on any atom is -0.472 e. The summed E-state index contributed by atoms with van der Waals surface area (Å²) in [5.41, 5.74) is 1.16. The molecule has 1 heterocycles. The zero-order valence-electron chi connectivity index (χ0n) is 9.33. The summed E-state index contributed by atoms with van der Waals surface area (Å²) in [6.45, 7) is 0.606. The van der Waals surface area contributed by atoms with Crippen molar-refractivity contribution in [3.8, 4) is 5.19 Å². The van der Waals surface area contributed by atoms with Crippen LogP contribution >= 0.6 is 23.3 Å². The number of aromatic nitrogens is 2. The van der Waals surface area contributed by atoms with Gasteiger partial charge in [-0.25, -0.2) is 0 Å². The van der Waals surface area contributed by atoms with Crippen molar-refractivity contribution in [1.29, 1.82) is 0 Å². The molecule has 0 N–H and O–H groups in total. The summed E-state index contributed by atoms with van der Waals surface area (Å²) >= 11 is 2.71. The molecule has 1 aromatic carbocycles. The fourth-order valence-corrected chi connectivity index (χ4v) is 2.37. The van der Waals surface area contributed by atoms with Gasteiger partial charge in [-0.1, -0.05) is 42.1 Å². The Kier molecular flexibility index (Phi) is 4.78. The number of hydrogen-bond donors (Lipinski definition) is 0. The van der Waals surface area contributed by atoms with Crippen LogP contribution in [-0.4, -0.2) is 22.4 Å². The van der Waals surface area contributed by atoms with E-state index in [0.29, 0.717) is 22.9 Å². The standard InChI is InChI=1S/C11H12N2O2S2/c1-14-11-12-10(13-17-11)16-8-15-7-9-5-3-2-4-6-9/h2-6H,7-8H2,1H3. The maximum Gasteiger partial charge on any atom is 0.293 e. The van der Waals surface area contributed by atoms with Crippen LogP contribution in [0.2, 0.25) is 0 Å². The summed E-state index contributed by atoms with van der Waals surface area (Å²) in [5, 5.41) is 1.27. The van der Waals surface area contributed by atoms with Crippen LogP contribution in [0.15, 0.2) is 35.5 Å². The van der Waals surface area contributed by atoms with Crippen molar-refractivity contribution in [3.63, 3.8) is 0 Å². The van der Waals surface area contributed by atoms with Crippen LogP contribution in [0.1, 0.15) is 5.56 Å². The Bertz CT molecular complexity index is 448. The number of ether oxygens (including phenoxy) is 2. The van der Waals surface area contributed by atoms with E-state index in [1.165, 1.54) is 23.3 Å². The fraction of sp³-hybridized carbons (Fsp3) is 0.273. The highest BCUT2D eigenvalue weighted by Gasteiger charge is 2.03. The van der Waals surface area contributed by atoms with Gasteiger partial charge in [0.25, 0.3) is 5.19 Å². The third-order valence-corrected chi connectivity index (χ3v) is 3.47. The zero-order chi connectivity index (χ0) is 11.9. The van der Waals surface area contributed by atoms with Crippen molar-refractivity contribution < 1.29 is 9.47 Å². The van der Waals surface area contributed by atoms with Crippen molar-refractivity contribution in [1.82, 2.24) is 9.36 Å². The van der Waals surface area contributed by atoms with E-state index >= 15 is 0 Å². The van der Waals surface area contributed by atoms with Gasteiger partial charge in [0.1, 0.15) is 5.94 Å². The molecular weight excluding hydrogens is 256 g/mol. The molecule has 2 aromatic rings. The summed E-state index contributed by atoms with van der Waals surface area (Å²) in [5.74, 6) is 0.536. The lowest BCUT2D eigenvalue weighted by Crippen LogP contribution is -1.92. The average Bonchev–Trinajstić information content (AvgIpc) is 2.84. The molecule has 90 valence electrons. The van der Waals surface area contributed by atoms with Crippen molar-refractivity contribution in [2.24, 2.45) is 0 Å². The summed E-state index contributed by atoms with van der Waals surface area (Å²) in [6, 6.07) is 10.1. The average molecular weight is 268 g/mol. The highest BCUT2D eigenvalue weighted by molar-refractivity contribution is 7.99. The monoisotopic (exact) mass is 268 g/mol. The molecule has 0 spiro atoms. The fourth-order valence-electron chi connectivity index (χ4n) is 1.17. The predicted octanol–water partition coefficient (Wildman–Crippen LogP) is 2.81. The zero-order valence-corrected chi connectivity index (χ0v) is 11.0. The van der Waals surface area contributed by atoms with Crippen molar-refractivity contribution in [2.75, 3.05) is 13.0 Å². The summed E-state index contributed by atoms with van der Waals surface area (Å²) in [7, 11) is 1.58. The van der Waals surface area contributed by atoms with Crippen LogP contribution in [0.4, 0.5) is 0 Å². The highest BCUT2D eigenvalue weighted by atomic mass is 32.2. The quantitative estimate of drug-likeness (QED) is 0.458. The van der Waals surface area contributed by atoms with Crippen molar-refractivity contribution in [2.45, 2.75) is 11.8 Å². The molecule has 0 atom stereocenters. The van der Waals surface area contributed by atoms with Crippen LogP contribution in [0.5, 0.6) is 5.19 Å². The Morgan fingerprint density at radius 1 is 1.29 bits per heavy atom. The first kappa shape index (κ1) is 12.3. The van der Waals surface area contributed by atoms with Gasteiger partial charge in [0.15, 0.2) is 0 Å². The van der Waals surface area contributed by atoms with Gasteiger partial charge in [-0.2, -0.15) is 9.36 Å². The topological polar surface area (TPSA) is 44.2 Å². The van der Waals surface area contributed by atoms with Gasteiger partial charge in [-0.15, -0.1) is 0 Å². The molecule has 0 aliphatic rings. The van der Waals surface area contributed by atoms with Gasteiger partial charge in [-0.3, -0.25) is 0 Å². The molecule has 6 heteroatoms. The molecule has 0 amide bonds. The van der Waals surface area contributed by atoms with Crippen LogP contribution < -0.4 is 4.74 Å². The smallest absolute Gasteiger partial charge is 0.293 e. The number of benzene rings is 1. The van der Waals surface area contributed by atoms with Gasteiger partial charge in [-0.05, 0) is 5.56 Å². The predicted molar refractivity (Wildman–Crippen MR) is 68.4 cm³/mol. The van der Waals surface area contributed by atoms with Gasteiger partial charge >= 0.3 is 0 Å². The van der Waals surface area contributed by atoms with Gasteiger partial charge < -0.3 is 9.47 Å². The third kappa shape index (κ3) is 3.99. The van der Waals surface area contributed by atoms with E-state index in [-0.39, 0.29) is 0 Å². The maximum absolute atomic E-state index is 5.51. The normalized spacial score (nSPS) is 10.4.